The van der Waals surface area contributed by atoms with E-state index >= 15 is 0 Å². The summed E-state index contributed by atoms with van der Waals surface area (Å²) in [5.74, 6) is 6.68. The van der Waals surface area contributed by atoms with Gasteiger partial charge in [0.25, 0.3) is 0 Å². The summed E-state index contributed by atoms with van der Waals surface area (Å²) in [5, 5.41) is 0. The van der Waals surface area contributed by atoms with Gasteiger partial charge in [-0.15, -0.1) is 0 Å². The molecule has 0 radical (unpaired) electrons. The largest absolute Gasteiger partial charge is 0.496 e. The molecular formula is C17H22N2O. The maximum Gasteiger partial charge on any atom is 0.127 e. The Labute approximate surface area is 120 Å². The van der Waals surface area contributed by atoms with Gasteiger partial charge in [0.1, 0.15) is 5.75 Å². The molecular weight excluding hydrogens is 248 g/mol. The molecule has 0 saturated heterocycles. The molecule has 2 rings (SSSR count). The van der Waals surface area contributed by atoms with Crippen LogP contribution in [0.15, 0.2) is 36.4 Å². The predicted molar refractivity (Wildman–Crippen MR) is 82.8 cm³/mol. The summed E-state index contributed by atoms with van der Waals surface area (Å²) in [6.07, 6.45) is 0. The Morgan fingerprint density at radius 2 is 1.65 bits per heavy atom. The maximum atomic E-state index is 5.78. The van der Waals surface area contributed by atoms with Crippen molar-refractivity contribution >= 4 is 0 Å². The SMILES string of the molecule is COc1c(C(NN)c2ccc(C)cc2)ccc(C)c1C. The molecule has 0 fully saturated rings. The fraction of sp³-hybridized carbons (Fsp3) is 0.294. The lowest BCUT2D eigenvalue weighted by Crippen LogP contribution is -2.29. The number of aryl methyl sites for hydroxylation is 2. The maximum absolute atomic E-state index is 5.78. The highest BCUT2D eigenvalue weighted by Gasteiger charge is 2.19. The van der Waals surface area contributed by atoms with Crippen molar-refractivity contribution in [1.82, 2.24) is 5.43 Å². The third-order valence-corrected chi connectivity index (χ3v) is 3.80. The minimum atomic E-state index is -0.0788. The van der Waals surface area contributed by atoms with Crippen molar-refractivity contribution < 1.29 is 4.74 Å². The first-order valence-corrected chi connectivity index (χ1v) is 6.75. The van der Waals surface area contributed by atoms with Gasteiger partial charge in [0, 0.05) is 5.56 Å². The Balaban J connectivity index is 2.52. The topological polar surface area (TPSA) is 47.3 Å². The lowest BCUT2D eigenvalue weighted by Gasteiger charge is -2.22. The van der Waals surface area contributed by atoms with Crippen molar-refractivity contribution in [3.8, 4) is 5.75 Å². The lowest BCUT2D eigenvalue weighted by molar-refractivity contribution is 0.400. The van der Waals surface area contributed by atoms with Gasteiger partial charge in [-0.3, -0.25) is 5.84 Å². The molecule has 2 aromatic rings. The summed E-state index contributed by atoms with van der Waals surface area (Å²) in [7, 11) is 1.70. The molecule has 3 heteroatoms. The van der Waals surface area contributed by atoms with E-state index in [0.717, 1.165) is 22.4 Å². The van der Waals surface area contributed by atoms with Gasteiger partial charge in [-0.1, -0.05) is 42.0 Å². The van der Waals surface area contributed by atoms with Crippen LogP contribution in [-0.2, 0) is 0 Å². The summed E-state index contributed by atoms with van der Waals surface area (Å²) >= 11 is 0. The van der Waals surface area contributed by atoms with Crippen molar-refractivity contribution in [1.29, 1.82) is 0 Å². The molecule has 0 bridgehead atoms. The Kier molecular flexibility index (Phi) is 4.42. The van der Waals surface area contributed by atoms with Gasteiger partial charge in [-0.05, 0) is 37.5 Å². The molecule has 3 N–H and O–H groups in total. The van der Waals surface area contributed by atoms with Crippen molar-refractivity contribution in [2.75, 3.05) is 7.11 Å². The van der Waals surface area contributed by atoms with Crippen LogP contribution in [0.3, 0.4) is 0 Å². The Bertz CT molecular complexity index is 591. The molecule has 0 heterocycles. The van der Waals surface area contributed by atoms with Crippen molar-refractivity contribution in [3.63, 3.8) is 0 Å². The van der Waals surface area contributed by atoms with Crippen LogP contribution in [0.5, 0.6) is 5.75 Å². The fourth-order valence-electron chi connectivity index (χ4n) is 2.43. The van der Waals surface area contributed by atoms with Crippen LogP contribution in [0, 0.1) is 20.8 Å². The molecule has 0 amide bonds. The zero-order valence-corrected chi connectivity index (χ0v) is 12.5. The first-order valence-electron chi connectivity index (χ1n) is 6.75. The highest BCUT2D eigenvalue weighted by Crippen LogP contribution is 2.33. The molecule has 106 valence electrons. The van der Waals surface area contributed by atoms with Gasteiger partial charge in [0.2, 0.25) is 0 Å². The number of hydrogen-bond donors (Lipinski definition) is 2. The highest BCUT2D eigenvalue weighted by molar-refractivity contribution is 5.49. The third kappa shape index (κ3) is 2.69. The van der Waals surface area contributed by atoms with Crippen molar-refractivity contribution in [3.05, 3.63) is 64.2 Å². The van der Waals surface area contributed by atoms with E-state index < -0.39 is 0 Å². The minimum Gasteiger partial charge on any atom is -0.496 e. The molecule has 1 atom stereocenters. The van der Waals surface area contributed by atoms with E-state index in [0.29, 0.717) is 0 Å². The van der Waals surface area contributed by atoms with Crippen LogP contribution in [0.2, 0.25) is 0 Å². The standard InChI is InChI=1S/C17H22N2O/c1-11-5-8-14(9-6-11)16(19-18)15-10-7-12(2)13(3)17(15)20-4/h5-10,16,19H,18H2,1-4H3. The van der Waals surface area contributed by atoms with Crippen LogP contribution >= 0.6 is 0 Å². The second kappa shape index (κ2) is 6.07. The van der Waals surface area contributed by atoms with E-state index in [4.69, 9.17) is 10.6 Å². The first-order chi connectivity index (χ1) is 9.58. The van der Waals surface area contributed by atoms with E-state index in [1.807, 2.05) is 0 Å². The number of rotatable bonds is 4. The number of ether oxygens (including phenoxy) is 1. The minimum absolute atomic E-state index is 0.0788. The van der Waals surface area contributed by atoms with Crippen LogP contribution < -0.4 is 16.0 Å². The Morgan fingerprint density at radius 1 is 1.00 bits per heavy atom. The zero-order valence-electron chi connectivity index (χ0n) is 12.5. The number of nitrogens with two attached hydrogens (primary N) is 1. The lowest BCUT2D eigenvalue weighted by atomic mass is 9.94. The van der Waals surface area contributed by atoms with Gasteiger partial charge in [0.15, 0.2) is 0 Å². The van der Waals surface area contributed by atoms with E-state index in [-0.39, 0.29) is 6.04 Å². The van der Waals surface area contributed by atoms with E-state index in [1.165, 1.54) is 11.1 Å². The number of hydrogen-bond acceptors (Lipinski definition) is 3. The molecule has 2 aromatic carbocycles. The fourth-order valence-corrected chi connectivity index (χ4v) is 2.43. The average Bonchev–Trinajstić information content (AvgIpc) is 2.45. The van der Waals surface area contributed by atoms with Gasteiger partial charge in [0.05, 0.1) is 13.2 Å². The highest BCUT2D eigenvalue weighted by atomic mass is 16.5. The third-order valence-electron chi connectivity index (χ3n) is 3.80. The van der Waals surface area contributed by atoms with Crippen molar-refractivity contribution in [2.45, 2.75) is 26.8 Å². The molecule has 0 spiro atoms. The average molecular weight is 270 g/mol. The second-order valence-corrected chi connectivity index (χ2v) is 5.14. The van der Waals surface area contributed by atoms with E-state index in [9.17, 15) is 0 Å². The van der Waals surface area contributed by atoms with E-state index in [1.54, 1.807) is 7.11 Å². The number of nitrogens with one attached hydrogen (secondary N) is 1. The molecule has 0 aliphatic rings. The molecule has 0 aromatic heterocycles. The summed E-state index contributed by atoms with van der Waals surface area (Å²) in [5.41, 5.74) is 8.67. The monoisotopic (exact) mass is 270 g/mol. The number of hydrazine groups is 1. The molecule has 20 heavy (non-hydrogen) atoms. The summed E-state index contributed by atoms with van der Waals surface area (Å²) in [6, 6.07) is 12.5. The van der Waals surface area contributed by atoms with Crippen LogP contribution in [0.4, 0.5) is 0 Å². The first kappa shape index (κ1) is 14.6. The van der Waals surface area contributed by atoms with Gasteiger partial charge < -0.3 is 4.74 Å². The Hall–Kier alpha value is -1.84. The van der Waals surface area contributed by atoms with Crippen molar-refractivity contribution in [2.24, 2.45) is 5.84 Å². The number of benzene rings is 2. The molecule has 1 unspecified atom stereocenters. The van der Waals surface area contributed by atoms with Gasteiger partial charge in [-0.2, -0.15) is 0 Å². The molecule has 0 aliphatic carbocycles. The van der Waals surface area contributed by atoms with Gasteiger partial charge >= 0.3 is 0 Å². The van der Waals surface area contributed by atoms with E-state index in [2.05, 4.69) is 62.6 Å². The van der Waals surface area contributed by atoms with Crippen LogP contribution in [-0.4, -0.2) is 7.11 Å². The Morgan fingerprint density at radius 3 is 2.20 bits per heavy atom. The smallest absolute Gasteiger partial charge is 0.127 e. The number of methoxy groups -OCH3 is 1. The summed E-state index contributed by atoms with van der Waals surface area (Å²) < 4.78 is 5.59. The molecule has 3 nitrogen and oxygen atoms in total. The normalized spacial score (nSPS) is 12.2. The van der Waals surface area contributed by atoms with Crippen LogP contribution in [0.1, 0.15) is 33.9 Å². The zero-order chi connectivity index (χ0) is 14.7. The summed E-state index contributed by atoms with van der Waals surface area (Å²) in [6.45, 7) is 6.23. The quantitative estimate of drug-likeness (QED) is 0.662. The van der Waals surface area contributed by atoms with Crippen LogP contribution in [0.25, 0.3) is 0 Å². The summed E-state index contributed by atoms with van der Waals surface area (Å²) in [4.78, 5) is 0. The van der Waals surface area contributed by atoms with Gasteiger partial charge in [-0.25, -0.2) is 5.43 Å². The molecule has 0 aliphatic heterocycles. The predicted octanol–water partition coefficient (Wildman–Crippen LogP) is 3.17. The molecule has 0 saturated carbocycles. The second-order valence-electron chi connectivity index (χ2n) is 5.14.